The number of allylic oxidation sites excluding steroid dienone is 3. The molecule has 2 heteroatoms. The Hall–Kier alpha value is -1.05. The second-order valence-corrected chi connectivity index (χ2v) is 4.25. The third-order valence-electron chi connectivity index (χ3n) is 1.79. The van der Waals surface area contributed by atoms with E-state index in [-0.39, 0.29) is 17.4 Å². The SMILES string of the molecule is CC=CC=CC(C)(C)NC(=O)C(C)C. The van der Waals surface area contributed by atoms with E-state index >= 15 is 0 Å². The molecule has 0 aromatic carbocycles. The molecule has 14 heavy (non-hydrogen) atoms. The third-order valence-corrected chi connectivity index (χ3v) is 1.79. The van der Waals surface area contributed by atoms with Crippen molar-refractivity contribution in [1.82, 2.24) is 5.32 Å². The molecule has 0 saturated carbocycles. The molecular weight excluding hydrogens is 174 g/mol. The summed E-state index contributed by atoms with van der Waals surface area (Å²) in [7, 11) is 0. The Kier molecular flexibility index (Phi) is 5.21. The van der Waals surface area contributed by atoms with Crippen LogP contribution in [0.25, 0.3) is 0 Å². The number of hydrogen-bond acceptors (Lipinski definition) is 1. The van der Waals surface area contributed by atoms with Crippen LogP contribution in [-0.2, 0) is 4.79 Å². The van der Waals surface area contributed by atoms with E-state index in [9.17, 15) is 4.79 Å². The van der Waals surface area contributed by atoms with Crippen LogP contribution in [0.5, 0.6) is 0 Å². The highest BCUT2D eigenvalue weighted by molar-refractivity contribution is 5.78. The number of carbonyl (C=O) groups excluding carboxylic acids is 1. The van der Waals surface area contributed by atoms with Crippen LogP contribution in [0, 0.1) is 5.92 Å². The molecule has 0 fully saturated rings. The molecule has 0 spiro atoms. The predicted molar refractivity (Wildman–Crippen MR) is 61.0 cm³/mol. The zero-order valence-electron chi connectivity index (χ0n) is 9.79. The molecule has 0 heterocycles. The summed E-state index contributed by atoms with van der Waals surface area (Å²) in [5, 5.41) is 2.95. The minimum Gasteiger partial charge on any atom is -0.348 e. The first-order valence-corrected chi connectivity index (χ1v) is 5.01. The number of hydrogen-bond donors (Lipinski definition) is 1. The van der Waals surface area contributed by atoms with Crippen molar-refractivity contribution < 1.29 is 4.79 Å². The van der Waals surface area contributed by atoms with Crippen LogP contribution >= 0.6 is 0 Å². The van der Waals surface area contributed by atoms with Crippen molar-refractivity contribution in [1.29, 1.82) is 0 Å². The monoisotopic (exact) mass is 195 g/mol. The average Bonchev–Trinajstić information content (AvgIpc) is 2.03. The van der Waals surface area contributed by atoms with Gasteiger partial charge in [0.05, 0.1) is 5.54 Å². The van der Waals surface area contributed by atoms with Crippen LogP contribution in [0.3, 0.4) is 0 Å². The maximum atomic E-state index is 11.4. The van der Waals surface area contributed by atoms with Gasteiger partial charge >= 0.3 is 0 Å². The van der Waals surface area contributed by atoms with Gasteiger partial charge < -0.3 is 5.32 Å². The van der Waals surface area contributed by atoms with Gasteiger partial charge in [-0.15, -0.1) is 0 Å². The Morgan fingerprint density at radius 2 is 1.86 bits per heavy atom. The summed E-state index contributed by atoms with van der Waals surface area (Å²) in [6.07, 6.45) is 7.83. The fraction of sp³-hybridized carbons (Fsp3) is 0.583. The Bertz CT molecular complexity index is 237. The lowest BCUT2D eigenvalue weighted by Gasteiger charge is -2.23. The second-order valence-electron chi connectivity index (χ2n) is 4.25. The van der Waals surface area contributed by atoms with Crippen molar-refractivity contribution in [2.75, 3.05) is 0 Å². The van der Waals surface area contributed by atoms with Gasteiger partial charge in [0, 0.05) is 5.92 Å². The summed E-state index contributed by atoms with van der Waals surface area (Å²) in [4.78, 5) is 11.4. The van der Waals surface area contributed by atoms with Crippen LogP contribution in [0.4, 0.5) is 0 Å². The van der Waals surface area contributed by atoms with Crippen molar-refractivity contribution >= 4 is 5.91 Å². The molecule has 0 aromatic rings. The highest BCUT2D eigenvalue weighted by Gasteiger charge is 2.17. The van der Waals surface area contributed by atoms with Crippen LogP contribution in [0.1, 0.15) is 34.6 Å². The maximum absolute atomic E-state index is 11.4. The highest BCUT2D eigenvalue weighted by Crippen LogP contribution is 2.06. The first-order chi connectivity index (χ1) is 6.39. The average molecular weight is 195 g/mol. The van der Waals surface area contributed by atoms with E-state index in [1.54, 1.807) is 0 Å². The zero-order chi connectivity index (χ0) is 11.2. The van der Waals surface area contributed by atoms with Crippen molar-refractivity contribution in [2.45, 2.75) is 40.2 Å². The molecule has 0 rings (SSSR count). The summed E-state index contributed by atoms with van der Waals surface area (Å²) in [6, 6.07) is 0. The minimum absolute atomic E-state index is 0.0318. The third kappa shape index (κ3) is 5.57. The summed E-state index contributed by atoms with van der Waals surface area (Å²) in [5.74, 6) is 0.115. The molecule has 0 unspecified atom stereocenters. The lowest BCUT2D eigenvalue weighted by atomic mass is 10.0. The summed E-state index contributed by atoms with van der Waals surface area (Å²) < 4.78 is 0. The second kappa shape index (κ2) is 5.63. The fourth-order valence-corrected chi connectivity index (χ4v) is 0.911. The van der Waals surface area contributed by atoms with Gasteiger partial charge in [0.1, 0.15) is 0 Å². The van der Waals surface area contributed by atoms with E-state index in [4.69, 9.17) is 0 Å². The Morgan fingerprint density at radius 3 is 2.29 bits per heavy atom. The normalized spacial score (nSPS) is 13.0. The van der Waals surface area contributed by atoms with Gasteiger partial charge in [-0.05, 0) is 20.8 Å². The molecule has 2 nitrogen and oxygen atoms in total. The first kappa shape index (κ1) is 12.9. The van der Waals surface area contributed by atoms with Crippen molar-refractivity contribution in [3.63, 3.8) is 0 Å². The molecule has 0 radical (unpaired) electrons. The van der Waals surface area contributed by atoms with Gasteiger partial charge in [0.15, 0.2) is 0 Å². The molecule has 0 saturated heterocycles. The summed E-state index contributed by atoms with van der Waals surface area (Å²) >= 11 is 0. The lowest BCUT2D eigenvalue weighted by molar-refractivity contribution is -0.125. The Balaban J connectivity index is 4.26. The quantitative estimate of drug-likeness (QED) is 0.686. The first-order valence-electron chi connectivity index (χ1n) is 5.01. The molecule has 1 amide bonds. The van der Waals surface area contributed by atoms with E-state index in [2.05, 4.69) is 5.32 Å². The van der Waals surface area contributed by atoms with E-state index in [1.807, 2.05) is 58.9 Å². The van der Waals surface area contributed by atoms with Crippen LogP contribution in [0.15, 0.2) is 24.3 Å². The minimum atomic E-state index is -0.277. The summed E-state index contributed by atoms with van der Waals surface area (Å²) in [5.41, 5.74) is -0.277. The highest BCUT2D eigenvalue weighted by atomic mass is 16.1. The molecule has 0 bridgehead atoms. The van der Waals surface area contributed by atoms with Gasteiger partial charge in [0.25, 0.3) is 0 Å². The number of amides is 1. The lowest BCUT2D eigenvalue weighted by Crippen LogP contribution is -2.43. The standard InChI is InChI=1S/C12H21NO/c1-6-7-8-9-12(4,5)13-11(14)10(2)3/h6-10H,1-5H3,(H,13,14). The molecule has 80 valence electrons. The predicted octanol–water partition coefficient (Wildman–Crippen LogP) is 2.67. The topological polar surface area (TPSA) is 29.1 Å². The molecule has 0 aliphatic carbocycles. The van der Waals surface area contributed by atoms with Gasteiger partial charge in [-0.2, -0.15) is 0 Å². The van der Waals surface area contributed by atoms with Gasteiger partial charge in [0.2, 0.25) is 5.91 Å². The van der Waals surface area contributed by atoms with Gasteiger partial charge in [-0.25, -0.2) is 0 Å². The van der Waals surface area contributed by atoms with Crippen molar-refractivity contribution in [3.05, 3.63) is 24.3 Å². The van der Waals surface area contributed by atoms with Gasteiger partial charge in [-0.1, -0.05) is 38.2 Å². The van der Waals surface area contributed by atoms with E-state index in [0.29, 0.717) is 0 Å². The Morgan fingerprint density at radius 1 is 1.29 bits per heavy atom. The number of rotatable bonds is 4. The zero-order valence-corrected chi connectivity index (χ0v) is 9.79. The molecule has 0 atom stereocenters. The molecule has 1 N–H and O–H groups in total. The van der Waals surface area contributed by atoms with Crippen molar-refractivity contribution in [3.8, 4) is 0 Å². The largest absolute Gasteiger partial charge is 0.348 e. The number of carbonyl (C=O) groups is 1. The molecule has 0 aromatic heterocycles. The maximum Gasteiger partial charge on any atom is 0.223 e. The van der Waals surface area contributed by atoms with Gasteiger partial charge in [-0.3, -0.25) is 4.79 Å². The fourth-order valence-electron chi connectivity index (χ4n) is 0.911. The molecule has 0 aliphatic rings. The molecule has 0 aliphatic heterocycles. The Labute approximate surface area is 87.1 Å². The smallest absolute Gasteiger partial charge is 0.223 e. The van der Waals surface area contributed by atoms with Crippen molar-refractivity contribution in [2.24, 2.45) is 5.92 Å². The van der Waals surface area contributed by atoms with Crippen LogP contribution in [0.2, 0.25) is 0 Å². The van der Waals surface area contributed by atoms with E-state index < -0.39 is 0 Å². The summed E-state index contributed by atoms with van der Waals surface area (Å²) in [6.45, 7) is 9.70. The number of nitrogens with one attached hydrogen (secondary N) is 1. The van der Waals surface area contributed by atoms with Crippen LogP contribution in [-0.4, -0.2) is 11.4 Å². The molecular formula is C12H21NO. The van der Waals surface area contributed by atoms with E-state index in [1.165, 1.54) is 0 Å². The van der Waals surface area contributed by atoms with Crippen LogP contribution < -0.4 is 5.32 Å². The van der Waals surface area contributed by atoms with E-state index in [0.717, 1.165) is 0 Å².